The molecule has 0 N–H and O–H groups in total. The summed E-state index contributed by atoms with van der Waals surface area (Å²) in [6.07, 6.45) is 3.76. The number of ether oxygens (including phenoxy) is 2. The summed E-state index contributed by atoms with van der Waals surface area (Å²) in [5, 5.41) is 5.44. The van der Waals surface area contributed by atoms with Gasteiger partial charge in [-0.15, -0.1) is 34.0 Å². The van der Waals surface area contributed by atoms with Crippen molar-refractivity contribution in [2.45, 2.75) is 6.42 Å². The van der Waals surface area contributed by atoms with Crippen molar-refractivity contribution in [3.63, 3.8) is 0 Å². The molecule has 4 heterocycles. The van der Waals surface area contributed by atoms with Gasteiger partial charge in [0.25, 0.3) is 0 Å². The molecule has 0 fully saturated rings. The van der Waals surface area contributed by atoms with Crippen molar-refractivity contribution < 1.29 is 19.1 Å². The third-order valence-corrected chi connectivity index (χ3v) is 7.16. The first kappa shape index (κ1) is 18.0. The van der Waals surface area contributed by atoms with E-state index in [2.05, 4.69) is 15.0 Å². The number of thiazole rings is 2. The summed E-state index contributed by atoms with van der Waals surface area (Å²) in [6, 6.07) is 0. The van der Waals surface area contributed by atoms with Crippen LogP contribution in [-0.2, 0) is 25.5 Å². The van der Waals surface area contributed by atoms with Gasteiger partial charge in [-0.1, -0.05) is 0 Å². The van der Waals surface area contributed by atoms with E-state index in [-0.39, 0.29) is 5.71 Å². The summed E-state index contributed by atoms with van der Waals surface area (Å²) in [6.45, 7) is 0. The van der Waals surface area contributed by atoms with Crippen LogP contribution in [0.3, 0.4) is 0 Å². The van der Waals surface area contributed by atoms with E-state index in [1.54, 1.807) is 12.4 Å². The van der Waals surface area contributed by atoms with E-state index in [4.69, 9.17) is 9.47 Å². The van der Waals surface area contributed by atoms with Gasteiger partial charge >= 0.3 is 11.9 Å². The molecule has 0 aliphatic carbocycles. The Morgan fingerprint density at radius 1 is 1.04 bits per heavy atom. The fourth-order valence-corrected chi connectivity index (χ4v) is 5.65. The number of aliphatic imine (C=N–C) groups is 1. The standard InChI is InChI=1S/C17H13N3O4S3/c1-23-16(21)9-7-8-10(20-11(9)17(22)24-2)13(15-19-4-6-26-15)27-12(8)14-18-3-5-25-14/h3-6,9H,7H2,1-2H3. The summed E-state index contributed by atoms with van der Waals surface area (Å²) in [5.41, 5.74) is 1.59. The summed E-state index contributed by atoms with van der Waals surface area (Å²) in [5.74, 6) is -1.97. The van der Waals surface area contributed by atoms with Crippen LogP contribution in [0.1, 0.15) is 5.56 Å². The fourth-order valence-electron chi connectivity index (χ4n) is 2.88. The van der Waals surface area contributed by atoms with Crippen molar-refractivity contribution in [2.75, 3.05) is 14.2 Å². The molecule has 1 aliphatic rings. The van der Waals surface area contributed by atoms with E-state index in [1.807, 2.05) is 10.8 Å². The molecule has 1 atom stereocenters. The Kier molecular flexibility index (Phi) is 4.85. The van der Waals surface area contributed by atoms with Gasteiger partial charge in [0, 0.05) is 28.7 Å². The lowest BCUT2D eigenvalue weighted by molar-refractivity contribution is -0.144. The minimum absolute atomic E-state index is 0.0538. The predicted molar refractivity (Wildman–Crippen MR) is 105 cm³/mol. The number of hydrogen-bond acceptors (Lipinski definition) is 10. The van der Waals surface area contributed by atoms with Crippen molar-refractivity contribution in [2.24, 2.45) is 10.9 Å². The average Bonchev–Trinajstić information content (AvgIpc) is 3.45. The van der Waals surface area contributed by atoms with Gasteiger partial charge in [-0.05, 0) is 6.42 Å². The summed E-state index contributed by atoms with van der Waals surface area (Å²) in [4.78, 5) is 39.7. The van der Waals surface area contributed by atoms with Crippen LogP contribution >= 0.6 is 34.0 Å². The van der Waals surface area contributed by atoms with Crippen LogP contribution in [0.2, 0.25) is 0 Å². The highest BCUT2D eigenvalue weighted by molar-refractivity contribution is 7.26. The molecule has 0 saturated carbocycles. The van der Waals surface area contributed by atoms with Gasteiger partial charge in [-0.2, -0.15) is 0 Å². The minimum atomic E-state index is -0.813. The fraction of sp³-hybridized carbons (Fsp3) is 0.235. The average molecular weight is 420 g/mol. The zero-order valence-electron chi connectivity index (χ0n) is 14.3. The molecular weight excluding hydrogens is 406 g/mol. The van der Waals surface area contributed by atoms with E-state index >= 15 is 0 Å². The van der Waals surface area contributed by atoms with Crippen LogP contribution in [-0.4, -0.2) is 41.8 Å². The van der Waals surface area contributed by atoms with Crippen LogP contribution in [0.5, 0.6) is 0 Å². The Morgan fingerprint density at radius 2 is 1.70 bits per heavy atom. The monoisotopic (exact) mass is 419 g/mol. The van der Waals surface area contributed by atoms with Gasteiger partial charge in [0.15, 0.2) is 0 Å². The first-order valence-corrected chi connectivity index (χ1v) is 10.4. The summed E-state index contributed by atoms with van der Waals surface area (Å²) in [7, 11) is 2.56. The van der Waals surface area contributed by atoms with Gasteiger partial charge in [0.1, 0.15) is 21.6 Å². The molecule has 0 radical (unpaired) electrons. The molecule has 1 aliphatic heterocycles. The second-order valence-corrected chi connectivity index (χ2v) is 8.34. The van der Waals surface area contributed by atoms with Gasteiger partial charge in [0.05, 0.1) is 29.7 Å². The Balaban J connectivity index is 1.94. The Labute approximate surface area is 166 Å². The number of rotatable bonds is 4. The highest BCUT2D eigenvalue weighted by Crippen LogP contribution is 2.50. The molecule has 0 amide bonds. The molecule has 138 valence electrons. The van der Waals surface area contributed by atoms with Crippen LogP contribution in [0, 0.1) is 5.92 Å². The van der Waals surface area contributed by atoms with Crippen molar-refractivity contribution in [3.05, 3.63) is 28.7 Å². The predicted octanol–water partition coefficient (Wildman–Crippen LogP) is 3.59. The number of carbonyl (C=O) groups excluding carboxylic acids is 2. The Hall–Kier alpha value is -2.43. The molecule has 0 saturated heterocycles. The maximum absolute atomic E-state index is 12.3. The van der Waals surface area contributed by atoms with E-state index in [1.165, 1.54) is 48.2 Å². The number of methoxy groups -OCH3 is 2. The number of carbonyl (C=O) groups is 2. The minimum Gasteiger partial charge on any atom is -0.468 e. The smallest absolute Gasteiger partial charge is 0.353 e. The molecule has 0 spiro atoms. The first-order valence-electron chi connectivity index (χ1n) is 7.84. The number of fused-ring (bicyclic) bond motifs is 1. The molecule has 3 aromatic rings. The third kappa shape index (κ3) is 3.09. The number of esters is 2. The lowest BCUT2D eigenvalue weighted by Crippen LogP contribution is -2.35. The van der Waals surface area contributed by atoms with Crippen molar-refractivity contribution in [1.29, 1.82) is 0 Å². The zero-order chi connectivity index (χ0) is 19.0. The third-order valence-electron chi connectivity index (χ3n) is 4.08. The second kappa shape index (κ2) is 7.29. The zero-order valence-corrected chi connectivity index (χ0v) is 16.7. The largest absolute Gasteiger partial charge is 0.468 e. The Morgan fingerprint density at radius 3 is 2.26 bits per heavy atom. The number of aromatic nitrogens is 2. The first-order chi connectivity index (χ1) is 13.1. The molecule has 10 heteroatoms. The van der Waals surface area contributed by atoms with E-state index < -0.39 is 17.9 Å². The molecule has 4 rings (SSSR count). The van der Waals surface area contributed by atoms with Crippen molar-refractivity contribution in [3.8, 4) is 19.8 Å². The normalized spacial score (nSPS) is 15.8. The quantitative estimate of drug-likeness (QED) is 0.600. The summed E-state index contributed by atoms with van der Waals surface area (Å²) < 4.78 is 9.73. The number of nitrogens with zero attached hydrogens (tertiary/aromatic N) is 3. The topological polar surface area (TPSA) is 90.7 Å². The molecule has 0 aromatic carbocycles. The van der Waals surface area contributed by atoms with Crippen molar-refractivity contribution in [1.82, 2.24) is 9.97 Å². The van der Waals surface area contributed by atoms with Crippen LogP contribution < -0.4 is 0 Å². The molecule has 27 heavy (non-hydrogen) atoms. The van der Waals surface area contributed by atoms with E-state index in [9.17, 15) is 9.59 Å². The molecule has 0 bridgehead atoms. The van der Waals surface area contributed by atoms with Crippen LogP contribution in [0.4, 0.5) is 5.69 Å². The van der Waals surface area contributed by atoms with Crippen LogP contribution in [0.15, 0.2) is 28.1 Å². The van der Waals surface area contributed by atoms with Gasteiger partial charge in [0.2, 0.25) is 0 Å². The molecular formula is C17H13N3O4S3. The van der Waals surface area contributed by atoms with E-state index in [0.717, 1.165) is 25.3 Å². The maximum atomic E-state index is 12.3. The number of thiophene rings is 1. The highest BCUT2D eigenvalue weighted by atomic mass is 32.1. The van der Waals surface area contributed by atoms with Gasteiger partial charge < -0.3 is 9.47 Å². The Bertz CT molecular complexity index is 1020. The maximum Gasteiger partial charge on any atom is 0.353 e. The lowest BCUT2D eigenvalue weighted by atomic mass is 9.90. The van der Waals surface area contributed by atoms with E-state index in [0.29, 0.717) is 12.1 Å². The SMILES string of the molecule is COC(=O)C1=Nc2c(-c3nccs3)sc(-c3nccs3)c2CC1C(=O)OC. The summed E-state index contributed by atoms with van der Waals surface area (Å²) >= 11 is 4.52. The van der Waals surface area contributed by atoms with Gasteiger partial charge in [-0.3, -0.25) is 4.79 Å². The van der Waals surface area contributed by atoms with Gasteiger partial charge in [-0.25, -0.2) is 19.8 Å². The lowest BCUT2D eigenvalue weighted by Gasteiger charge is -2.20. The second-order valence-electron chi connectivity index (χ2n) is 5.53. The van der Waals surface area contributed by atoms with Crippen molar-refractivity contribution >= 4 is 57.3 Å². The molecule has 1 unspecified atom stereocenters. The van der Waals surface area contributed by atoms with Crippen LogP contribution in [0.25, 0.3) is 19.8 Å². The highest BCUT2D eigenvalue weighted by Gasteiger charge is 2.38. The molecule has 7 nitrogen and oxygen atoms in total. The number of hydrogen-bond donors (Lipinski definition) is 0. The molecule has 3 aromatic heterocycles.